The normalized spacial score (nSPS) is 9.29. The van der Waals surface area contributed by atoms with Gasteiger partial charge >= 0.3 is 57.8 Å². The van der Waals surface area contributed by atoms with E-state index >= 15 is 0 Å². The Morgan fingerprint density at radius 1 is 1.71 bits per heavy atom. The molecular weight excluding hydrogens is 211 g/mol. The van der Waals surface area contributed by atoms with E-state index in [-0.39, 0.29) is 21.1 Å². The minimum absolute atomic E-state index is 0.0779. The van der Waals surface area contributed by atoms with Crippen LogP contribution in [0, 0.1) is 0 Å². The molecule has 1 rings (SSSR count). The second-order valence-electron chi connectivity index (χ2n) is 1.23. The Balaban J connectivity index is 2.76. The Kier molecular flexibility index (Phi) is 2.19. The van der Waals surface area contributed by atoms with Crippen molar-refractivity contribution in [2.75, 3.05) is 0 Å². The molecule has 1 aromatic heterocycles. The third-order valence-electron chi connectivity index (χ3n) is 0.768. The first-order chi connectivity index (χ1) is 3.43. The molecule has 0 nitrogen and oxygen atoms in total. The van der Waals surface area contributed by atoms with Crippen LogP contribution in [0.25, 0.3) is 0 Å². The molecule has 0 spiro atoms. The maximum absolute atomic E-state index is 2.34. The molecule has 0 saturated carbocycles. The van der Waals surface area contributed by atoms with Crippen molar-refractivity contribution in [3.05, 3.63) is 17.5 Å². The van der Waals surface area contributed by atoms with Crippen molar-refractivity contribution < 1.29 is 0 Å². The number of hydrogen-bond donors (Lipinski definition) is 0. The summed E-state index contributed by atoms with van der Waals surface area (Å²) in [5.74, 6) is 0. The predicted octanol–water partition coefficient (Wildman–Crippen LogP) is 1.13. The first-order valence-corrected chi connectivity index (χ1v) is 7.31. The molecule has 0 aliphatic rings. The average Bonchev–Trinajstić information content (AvgIpc) is 2.14. The van der Waals surface area contributed by atoms with E-state index in [1.165, 1.54) is 0 Å². The fourth-order valence-corrected chi connectivity index (χ4v) is 3.34. The molecule has 0 aromatic carbocycles. The van der Waals surface area contributed by atoms with Gasteiger partial charge in [0.15, 0.2) is 0 Å². The average molecular weight is 217 g/mol. The van der Waals surface area contributed by atoms with Crippen LogP contribution < -0.4 is 2.89 Å². The first-order valence-electron chi connectivity index (χ1n) is 2.15. The van der Waals surface area contributed by atoms with Gasteiger partial charge in [-0.25, -0.2) is 0 Å². The molecule has 2 radical (unpaired) electrons. The van der Waals surface area contributed by atoms with E-state index in [9.17, 15) is 0 Å². The molecule has 0 saturated heterocycles. The van der Waals surface area contributed by atoms with Crippen LogP contribution in [0.5, 0.6) is 0 Å². The summed E-state index contributed by atoms with van der Waals surface area (Å²) in [6.07, 6.45) is 0. The molecule has 0 bridgehead atoms. The van der Waals surface area contributed by atoms with Crippen LogP contribution in [0.3, 0.4) is 0 Å². The minimum atomic E-state index is -0.0779. The van der Waals surface area contributed by atoms with Crippen molar-refractivity contribution in [1.29, 1.82) is 0 Å². The molecule has 7 heavy (non-hydrogen) atoms. The second kappa shape index (κ2) is 2.72. The fourth-order valence-electron chi connectivity index (χ4n) is 0.421. The number of hydrogen-bond acceptors (Lipinski definition) is 1. The SMILES string of the molecule is [CH3][Sn][c]1cccs1. The van der Waals surface area contributed by atoms with Crippen LogP contribution >= 0.6 is 11.3 Å². The Bertz CT molecular complexity index is 123. The molecule has 0 atom stereocenters. The molecule has 0 aliphatic carbocycles. The fraction of sp³-hybridized carbons (Fsp3) is 0.200. The summed E-state index contributed by atoms with van der Waals surface area (Å²) >= 11 is 1.82. The predicted molar refractivity (Wildman–Crippen MR) is 35.6 cm³/mol. The summed E-state index contributed by atoms with van der Waals surface area (Å²) in [5, 5.41) is 2.15. The molecule has 1 heterocycles. The van der Waals surface area contributed by atoms with Gasteiger partial charge in [0.2, 0.25) is 0 Å². The van der Waals surface area contributed by atoms with Gasteiger partial charge in [0.05, 0.1) is 0 Å². The van der Waals surface area contributed by atoms with Crippen LogP contribution in [0.1, 0.15) is 0 Å². The maximum atomic E-state index is 2.34. The second-order valence-corrected chi connectivity index (χ2v) is 6.17. The van der Waals surface area contributed by atoms with Gasteiger partial charge in [0.1, 0.15) is 0 Å². The van der Waals surface area contributed by atoms with E-state index in [0.717, 1.165) is 0 Å². The molecule has 0 amide bonds. The molecule has 1 aromatic rings. The van der Waals surface area contributed by atoms with Crippen molar-refractivity contribution in [3.8, 4) is 0 Å². The Labute approximate surface area is 57.8 Å². The summed E-state index contributed by atoms with van der Waals surface area (Å²) in [6.45, 7) is 0. The van der Waals surface area contributed by atoms with Crippen molar-refractivity contribution in [2.45, 2.75) is 4.94 Å². The van der Waals surface area contributed by atoms with Crippen LogP contribution in [0.15, 0.2) is 17.5 Å². The Morgan fingerprint density at radius 3 is 2.86 bits per heavy atom. The van der Waals surface area contributed by atoms with Gasteiger partial charge in [-0.05, 0) is 0 Å². The molecule has 0 aliphatic heterocycles. The van der Waals surface area contributed by atoms with E-state index in [0.29, 0.717) is 0 Å². The summed E-state index contributed by atoms with van der Waals surface area (Å²) in [6, 6.07) is 4.36. The zero-order chi connectivity index (χ0) is 5.11. The summed E-state index contributed by atoms with van der Waals surface area (Å²) in [4.78, 5) is 2.34. The molecule has 0 N–H and O–H groups in total. The standard InChI is InChI=1S/C4H3S.CH3.Sn/c1-2-4-5-3-1;;/h1-3H;1H3;. The van der Waals surface area contributed by atoms with E-state index in [4.69, 9.17) is 0 Å². The van der Waals surface area contributed by atoms with Gasteiger partial charge in [-0.1, -0.05) is 0 Å². The first kappa shape index (κ1) is 5.63. The molecule has 2 heteroatoms. The van der Waals surface area contributed by atoms with E-state index in [1.54, 1.807) is 2.89 Å². The topological polar surface area (TPSA) is 0 Å². The number of thiophene rings is 1. The Morgan fingerprint density at radius 2 is 2.57 bits per heavy atom. The van der Waals surface area contributed by atoms with Crippen LogP contribution in [0.2, 0.25) is 4.94 Å². The van der Waals surface area contributed by atoms with E-state index < -0.39 is 0 Å². The van der Waals surface area contributed by atoms with Crippen LogP contribution in [-0.2, 0) is 0 Å². The third kappa shape index (κ3) is 1.46. The van der Waals surface area contributed by atoms with E-state index in [2.05, 4.69) is 22.5 Å². The van der Waals surface area contributed by atoms with Gasteiger partial charge < -0.3 is 0 Å². The van der Waals surface area contributed by atoms with Crippen LogP contribution in [-0.4, -0.2) is 21.1 Å². The van der Waals surface area contributed by atoms with Crippen molar-refractivity contribution in [2.24, 2.45) is 0 Å². The molecule has 0 fully saturated rings. The van der Waals surface area contributed by atoms with Crippen molar-refractivity contribution in [3.63, 3.8) is 0 Å². The number of rotatable bonds is 1. The van der Waals surface area contributed by atoms with Gasteiger partial charge in [0.25, 0.3) is 0 Å². The molecular formula is C5H6SSn. The van der Waals surface area contributed by atoms with Gasteiger partial charge in [-0.2, -0.15) is 0 Å². The van der Waals surface area contributed by atoms with Gasteiger partial charge in [-0.15, -0.1) is 0 Å². The zero-order valence-corrected chi connectivity index (χ0v) is 7.81. The summed E-state index contributed by atoms with van der Waals surface area (Å²) < 4.78 is 1.64. The molecule has 0 unspecified atom stereocenters. The van der Waals surface area contributed by atoms with Crippen molar-refractivity contribution >= 4 is 35.4 Å². The zero-order valence-electron chi connectivity index (χ0n) is 4.14. The molecule has 36 valence electrons. The van der Waals surface area contributed by atoms with Crippen LogP contribution in [0.4, 0.5) is 0 Å². The summed E-state index contributed by atoms with van der Waals surface area (Å²) in [7, 11) is 0. The third-order valence-corrected chi connectivity index (χ3v) is 5.71. The summed E-state index contributed by atoms with van der Waals surface area (Å²) in [5.41, 5.74) is 0. The van der Waals surface area contributed by atoms with Gasteiger partial charge in [0, 0.05) is 0 Å². The monoisotopic (exact) mass is 218 g/mol. The Hall–Kier alpha value is 0.499. The quantitative estimate of drug-likeness (QED) is 0.618. The van der Waals surface area contributed by atoms with Gasteiger partial charge in [-0.3, -0.25) is 0 Å². The van der Waals surface area contributed by atoms with Crippen molar-refractivity contribution in [1.82, 2.24) is 0 Å². The van der Waals surface area contributed by atoms with E-state index in [1.807, 2.05) is 11.3 Å².